The molecule has 1 fully saturated rings. The predicted octanol–water partition coefficient (Wildman–Crippen LogP) is 2.33. The minimum atomic E-state index is -3.56. The number of hydrogen-bond acceptors (Lipinski definition) is 5. The Balaban J connectivity index is 1.62. The average Bonchev–Trinajstić information content (AvgIpc) is 3.15. The van der Waals surface area contributed by atoms with E-state index in [1.54, 1.807) is 16.4 Å². The highest BCUT2D eigenvalue weighted by Crippen LogP contribution is 2.28. The van der Waals surface area contributed by atoms with Crippen LogP contribution in [0, 0.1) is 6.92 Å². The molecule has 0 atom stereocenters. The van der Waals surface area contributed by atoms with Crippen LogP contribution in [0.3, 0.4) is 0 Å². The molecule has 1 aliphatic heterocycles. The van der Waals surface area contributed by atoms with E-state index in [1.807, 2.05) is 25.4 Å². The van der Waals surface area contributed by atoms with E-state index < -0.39 is 10.0 Å². The number of piperazine rings is 1. The van der Waals surface area contributed by atoms with Crippen LogP contribution in [-0.4, -0.2) is 67.0 Å². The second-order valence-corrected chi connectivity index (χ2v) is 9.44. The molecule has 0 spiro atoms. The van der Waals surface area contributed by atoms with Crippen molar-refractivity contribution < 1.29 is 13.2 Å². The summed E-state index contributed by atoms with van der Waals surface area (Å²) in [4.78, 5) is 6.99. The van der Waals surface area contributed by atoms with Gasteiger partial charge in [0.2, 0.25) is 10.0 Å². The van der Waals surface area contributed by atoms with Gasteiger partial charge in [-0.05, 0) is 24.6 Å². The number of sulfonamides is 1. The van der Waals surface area contributed by atoms with Crippen molar-refractivity contribution in [1.82, 2.24) is 18.8 Å². The Morgan fingerprint density at radius 2 is 1.86 bits per heavy atom. The maximum absolute atomic E-state index is 13.1. The summed E-state index contributed by atoms with van der Waals surface area (Å²) < 4.78 is 35.2. The molecule has 2 heterocycles. The first-order valence-corrected chi connectivity index (χ1v) is 11.1. The molecule has 0 bridgehead atoms. The average molecular weight is 407 g/mol. The number of nitrogens with zero attached hydrogens (tertiary/aromatic N) is 4. The van der Waals surface area contributed by atoms with Crippen LogP contribution in [-0.2, 0) is 16.6 Å². The SMILES string of the molecule is COc1ccc(C)cc1S(=O)(=O)N1CCN(CCn2ccnc2C(C)C)CC1. The minimum Gasteiger partial charge on any atom is -0.495 e. The van der Waals surface area contributed by atoms with Gasteiger partial charge in [0.05, 0.1) is 7.11 Å². The Morgan fingerprint density at radius 1 is 1.14 bits per heavy atom. The summed E-state index contributed by atoms with van der Waals surface area (Å²) >= 11 is 0. The van der Waals surface area contributed by atoms with Crippen molar-refractivity contribution in [2.75, 3.05) is 39.8 Å². The molecular formula is C20H30N4O3S. The molecule has 0 amide bonds. The van der Waals surface area contributed by atoms with E-state index in [9.17, 15) is 8.42 Å². The van der Waals surface area contributed by atoms with Gasteiger partial charge in [-0.3, -0.25) is 4.90 Å². The summed E-state index contributed by atoms with van der Waals surface area (Å²) in [6.07, 6.45) is 3.86. The Hall–Kier alpha value is -1.90. The van der Waals surface area contributed by atoms with Crippen LogP contribution in [0.5, 0.6) is 5.75 Å². The number of imidazole rings is 1. The second-order valence-electron chi connectivity index (χ2n) is 7.53. The number of ether oxygens (including phenoxy) is 1. The number of aromatic nitrogens is 2. The van der Waals surface area contributed by atoms with Gasteiger partial charge in [-0.15, -0.1) is 0 Å². The van der Waals surface area contributed by atoms with Crippen molar-refractivity contribution >= 4 is 10.0 Å². The van der Waals surface area contributed by atoms with Crippen LogP contribution in [0.1, 0.15) is 31.2 Å². The van der Waals surface area contributed by atoms with Crippen LogP contribution in [0.25, 0.3) is 0 Å². The first-order chi connectivity index (χ1) is 13.3. The molecule has 0 N–H and O–H groups in total. The van der Waals surface area contributed by atoms with E-state index in [4.69, 9.17) is 4.74 Å². The summed E-state index contributed by atoms with van der Waals surface area (Å²) in [6.45, 7) is 10.3. The third kappa shape index (κ3) is 4.39. The van der Waals surface area contributed by atoms with E-state index in [-0.39, 0.29) is 4.90 Å². The van der Waals surface area contributed by atoms with Gasteiger partial charge < -0.3 is 9.30 Å². The maximum atomic E-state index is 13.1. The van der Waals surface area contributed by atoms with Crippen LogP contribution in [0.15, 0.2) is 35.5 Å². The van der Waals surface area contributed by atoms with Crippen molar-refractivity contribution in [2.24, 2.45) is 0 Å². The Bertz CT molecular complexity index is 900. The third-order valence-corrected chi connectivity index (χ3v) is 7.11. The van der Waals surface area contributed by atoms with E-state index >= 15 is 0 Å². The fourth-order valence-corrected chi connectivity index (χ4v) is 5.24. The van der Waals surface area contributed by atoms with Crippen molar-refractivity contribution in [3.63, 3.8) is 0 Å². The zero-order valence-electron chi connectivity index (χ0n) is 17.1. The van der Waals surface area contributed by atoms with Crippen molar-refractivity contribution in [1.29, 1.82) is 0 Å². The molecule has 1 aromatic carbocycles. The quantitative estimate of drug-likeness (QED) is 0.706. The molecule has 7 nitrogen and oxygen atoms in total. The molecule has 1 aromatic heterocycles. The molecule has 0 radical (unpaired) electrons. The first-order valence-electron chi connectivity index (χ1n) is 9.71. The number of methoxy groups -OCH3 is 1. The van der Waals surface area contributed by atoms with Crippen LogP contribution < -0.4 is 4.74 Å². The van der Waals surface area contributed by atoms with E-state index in [2.05, 4.69) is 28.3 Å². The number of rotatable bonds is 7. The molecule has 154 valence electrons. The number of hydrogen-bond donors (Lipinski definition) is 0. The molecule has 2 aromatic rings. The summed E-state index contributed by atoms with van der Waals surface area (Å²) in [5.41, 5.74) is 0.902. The topological polar surface area (TPSA) is 67.7 Å². The number of benzene rings is 1. The summed E-state index contributed by atoms with van der Waals surface area (Å²) in [5, 5.41) is 0. The fourth-order valence-electron chi connectivity index (χ4n) is 3.58. The fraction of sp³-hybridized carbons (Fsp3) is 0.550. The molecule has 1 saturated heterocycles. The lowest BCUT2D eigenvalue weighted by atomic mass is 10.2. The third-order valence-electron chi connectivity index (χ3n) is 5.19. The van der Waals surface area contributed by atoms with Gasteiger partial charge in [-0.2, -0.15) is 4.31 Å². The van der Waals surface area contributed by atoms with Gasteiger partial charge in [0.25, 0.3) is 0 Å². The van der Waals surface area contributed by atoms with Crippen molar-refractivity contribution in [2.45, 2.75) is 38.1 Å². The smallest absolute Gasteiger partial charge is 0.246 e. The van der Waals surface area contributed by atoms with Gasteiger partial charge in [0, 0.05) is 57.6 Å². The summed E-state index contributed by atoms with van der Waals surface area (Å²) in [5.74, 6) is 1.88. The van der Waals surface area contributed by atoms with Crippen LogP contribution in [0.4, 0.5) is 0 Å². The molecular weight excluding hydrogens is 376 g/mol. The number of aryl methyl sites for hydroxylation is 1. The Labute approximate surface area is 168 Å². The van der Waals surface area contributed by atoms with Gasteiger partial charge >= 0.3 is 0 Å². The second kappa shape index (κ2) is 8.63. The molecule has 3 rings (SSSR count). The highest BCUT2D eigenvalue weighted by molar-refractivity contribution is 7.89. The van der Waals surface area contributed by atoms with Gasteiger partial charge in [0.15, 0.2) is 0 Å². The molecule has 0 unspecified atom stereocenters. The highest BCUT2D eigenvalue weighted by atomic mass is 32.2. The zero-order chi connectivity index (χ0) is 20.3. The summed E-state index contributed by atoms with van der Waals surface area (Å²) in [6, 6.07) is 5.26. The van der Waals surface area contributed by atoms with Gasteiger partial charge in [-0.25, -0.2) is 13.4 Å². The van der Waals surface area contributed by atoms with Crippen LogP contribution >= 0.6 is 0 Å². The largest absolute Gasteiger partial charge is 0.495 e. The minimum absolute atomic E-state index is 0.253. The molecule has 28 heavy (non-hydrogen) atoms. The van der Waals surface area contributed by atoms with Crippen LogP contribution in [0.2, 0.25) is 0 Å². The monoisotopic (exact) mass is 406 g/mol. The lowest BCUT2D eigenvalue weighted by molar-refractivity contribution is 0.182. The van der Waals surface area contributed by atoms with E-state index in [0.29, 0.717) is 24.8 Å². The lowest BCUT2D eigenvalue weighted by Crippen LogP contribution is -2.49. The lowest BCUT2D eigenvalue weighted by Gasteiger charge is -2.34. The van der Waals surface area contributed by atoms with Crippen molar-refractivity contribution in [3.8, 4) is 5.75 Å². The van der Waals surface area contributed by atoms with E-state index in [1.165, 1.54) is 7.11 Å². The van der Waals surface area contributed by atoms with Gasteiger partial charge in [0.1, 0.15) is 16.5 Å². The van der Waals surface area contributed by atoms with Gasteiger partial charge in [-0.1, -0.05) is 19.9 Å². The Morgan fingerprint density at radius 3 is 2.50 bits per heavy atom. The zero-order valence-corrected chi connectivity index (χ0v) is 17.9. The Kier molecular flexibility index (Phi) is 6.42. The standard InChI is InChI=1S/C20H30N4O3S/c1-16(2)20-21-7-8-23(20)12-9-22-10-13-24(14-11-22)28(25,26)19-15-17(3)5-6-18(19)27-4/h5-8,15-16H,9-14H2,1-4H3. The maximum Gasteiger partial charge on any atom is 0.246 e. The van der Waals surface area contributed by atoms with Crippen molar-refractivity contribution in [3.05, 3.63) is 42.0 Å². The molecule has 0 aliphatic carbocycles. The normalized spacial score (nSPS) is 16.6. The first kappa shape index (κ1) is 20.8. The highest BCUT2D eigenvalue weighted by Gasteiger charge is 2.30. The predicted molar refractivity (Wildman–Crippen MR) is 109 cm³/mol. The van der Waals surface area contributed by atoms with E-state index in [0.717, 1.165) is 37.6 Å². The molecule has 8 heteroatoms. The summed E-state index contributed by atoms with van der Waals surface area (Å²) in [7, 11) is -2.06. The molecule has 1 aliphatic rings. The molecule has 0 saturated carbocycles.